The minimum Gasteiger partial charge on any atom is -0.508 e. The van der Waals surface area contributed by atoms with Crippen LogP contribution in [0.3, 0.4) is 0 Å². The second kappa shape index (κ2) is 5.49. The Balaban J connectivity index is 2.31. The Morgan fingerprint density at radius 1 is 1.05 bits per heavy atom. The summed E-state index contributed by atoms with van der Waals surface area (Å²) in [7, 11) is 0. The van der Waals surface area contributed by atoms with Crippen molar-refractivity contribution in [3.8, 4) is 11.5 Å². The Hall–Kier alpha value is -3.09. The molecule has 1 amide bonds. The van der Waals surface area contributed by atoms with E-state index in [-0.39, 0.29) is 28.3 Å². The number of phenolic OH excluding ortho intramolecular Hbond substituents is 2. The van der Waals surface area contributed by atoms with Crippen LogP contribution >= 0.6 is 0 Å². The van der Waals surface area contributed by atoms with Crippen molar-refractivity contribution in [1.29, 1.82) is 0 Å². The number of carboxylic acid groups (broad SMARTS) is 1. The number of hydrogen-bond acceptors (Lipinski definition) is 4. The molecule has 0 saturated heterocycles. The minimum absolute atomic E-state index is 0.144. The van der Waals surface area contributed by atoms with Gasteiger partial charge in [0.1, 0.15) is 17.3 Å². The Morgan fingerprint density at radius 2 is 1.76 bits per heavy atom. The van der Waals surface area contributed by atoms with Crippen LogP contribution in [0, 0.1) is 5.82 Å². The van der Waals surface area contributed by atoms with Crippen LogP contribution in [0.2, 0.25) is 0 Å². The average molecular weight is 291 g/mol. The summed E-state index contributed by atoms with van der Waals surface area (Å²) >= 11 is 0. The fourth-order valence-electron chi connectivity index (χ4n) is 1.65. The van der Waals surface area contributed by atoms with E-state index in [1.54, 1.807) is 0 Å². The predicted molar refractivity (Wildman–Crippen MR) is 71.1 cm³/mol. The van der Waals surface area contributed by atoms with Crippen molar-refractivity contribution in [2.45, 2.75) is 0 Å². The number of benzene rings is 2. The lowest BCUT2D eigenvalue weighted by molar-refractivity contribution is 0.0696. The van der Waals surface area contributed by atoms with Gasteiger partial charge in [-0.15, -0.1) is 0 Å². The van der Waals surface area contributed by atoms with Gasteiger partial charge in [0.05, 0.1) is 16.8 Å². The highest BCUT2D eigenvalue weighted by atomic mass is 19.1. The van der Waals surface area contributed by atoms with E-state index in [0.717, 1.165) is 36.4 Å². The molecule has 21 heavy (non-hydrogen) atoms. The van der Waals surface area contributed by atoms with E-state index in [2.05, 4.69) is 5.32 Å². The van der Waals surface area contributed by atoms with E-state index < -0.39 is 17.7 Å². The number of hydrogen-bond donors (Lipinski definition) is 4. The van der Waals surface area contributed by atoms with Crippen LogP contribution < -0.4 is 5.32 Å². The Labute approximate surface area is 118 Å². The SMILES string of the molecule is O=C(O)c1ccc(O)c(NC(=O)c2ccc(O)cc2F)c1. The summed E-state index contributed by atoms with van der Waals surface area (Å²) in [5, 5.41) is 29.7. The first-order valence-corrected chi connectivity index (χ1v) is 5.74. The van der Waals surface area contributed by atoms with E-state index in [9.17, 15) is 19.1 Å². The highest BCUT2D eigenvalue weighted by molar-refractivity contribution is 6.05. The number of aromatic hydroxyl groups is 2. The molecule has 7 heteroatoms. The van der Waals surface area contributed by atoms with Crippen LogP contribution in [0.15, 0.2) is 36.4 Å². The lowest BCUT2D eigenvalue weighted by atomic mass is 10.1. The molecule has 0 aliphatic carbocycles. The number of carbonyl (C=O) groups excluding carboxylic acids is 1. The molecular weight excluding hydrogens is 281 g/mol. The van der Waals surface area contributed by atoms with Crippen molar-refractivity contribution in [1.82, 2.24) is 0 Å². The van der Waals surface area contributed by atoms with Gasteiger partial charge in [0.25, 0.3) is 5.91 Å². The number of carbonyl (C=O) groups is 2. The van der Waals surface area contributed by atoms with E-state index in [1.807, 2.05) is 0 Å². The summed E-state index contributed by atoms with van der Waals surface area (Å²) < 4.78 is 13.5. The average Bonchev–Trinajstić information content (AvgIpc) is 2.40. The summed E-state index contributed by atoms with van der Waals surface area (Å²) in [6.07, 6.45) is 0. The van der Waals surface area contributed by atoms with Crippen LogP contribution in [0.5, 0.6) is 11.5 Å². The molecule has 0 aliphatic rings. The van der Waals surface area contributed by atoms with Gasteiger partial charge in [0.15, 0.2) is 0 Å². The summed E-state index contributed by atoms with van der Waals surface area (Å²) in [5.41, 5.74) is -0.658. The third-order valence-corrected chi connectivity index (χ3v) is 2.69. The van der Waals surface area contributed by atoms with Gasteiger partial charge in [-0.25, -0.2) is 9.18 Å². The lowest BCUT2D eigenvalue weighted by Gasteiger charge is -2.09. The molecule has 2 aromatic carbocycles. The molecule has 0 atom stereocenters. The number of aromatic carboxylic acids is 1. The second-order valence-electron chi connectivity index (χ2n) is 4.16. The Bertz CT molecular complexity index is 729. The molecule has 0 unspecified atom stereocenters. The molecule has 6 nitrogen and oxygen atoms in total. The summed E-state index contributed by atoms with van der Waals surface area (Å²) in [5.74, 6) is -3.75. The summed E-state index contributed by atoms with van der Waals surface area (Å²) in [4.78, 5) is 22.7. The normalized spacial score (nSPS) is 10.1. The Kier molecular flexibility index (Phi) is 3.75. The summed E-state index contributed by atoms with van der Waals surface area (Å²) in [6.45, 7) is 0. The zero-order valence-electron chi connectivity index (χ0n) is 10.5. The topological polar surface area (TPSA) is 107 Å². The molecule has 0 aliphatic heterocycles. The van der Waals surface area contributed by atoms with Crippen LogP contribution in [0.1, 0.15) is 20.7 Å². The van der Waals surface area contributed by atoms with Crippen molar-refractivity contribution in [2.24, 2.45) is 0 Å². The zero-order valence-corrected chi connectivity index (χ0v) is 10.5. The number of rotatable bonds is 3. The van der Waals surface area contributed by atoms with Crippen LogP contribution in [-0.2, 0) is 0 Å². The minimum atomic E-state index is -1.23. The van der Waals surface area contributed by atoms with Gasteiger partial charge in [-0.1, -0.05) is 0 Å². The Morgan fingerprint density at radius 3 is 2.38 bits per heavy atom. The van der Waals surface area contributed by atoms with Crippen LogP contribution in [-0.4, -0.2) is 27.2 Å². The fourth-order valence-corrected chi connectivity index (χ4v) is 1.65. The second-order valence-corrected chi connectivity index (χ2v) is 4.16. The predicted octanol–water partition coefficient (Wildman–Crippen LogP) is 2.19. The van der Waals surface area contributed by atoms with Gasteiger partial charge >= 0.3 is 5.97 Å². The van der Waals surface area contributed by atoms with E-state index in [0.29, 0.717) is 0 Å². The third kappa shape index (κ3) is 3.08. The molecule has 2 aromatic rings. The third-order valence-electron chi connectivity index (χ3n) is 2.69. The number of amides is 1. The quantitative estimate of drug-likeness (QED) is 0.648. The number of halogens is 1. The molecule has 0 radical (unpaired) electrons. The van der Waals surface area contributed by atoms with Crippen LogP contribution in [0.25, 0.3) is 0 Å². The van der Waals surface area contributed by atoms with Crippen molar-refractivity contribution in [2.75, 3.05) is 5.32 Å². The largest absolute Gasteiger partial charge is 0.508 e. The first kappa shape index (κ1) is 14.3. The van der Waals surface area contributed by atoms with Crippen molar-refractivity contribution < 1.29 is 29.3 Å². The molecule has 2 rings (SSSR count). The molecule has 0 heterocycles. The van der Waals surface area contributed by atoms with E-state index in [1.165, 1.54) is 0 Å². The van der Waals surface area contributed by atoms with Gasteiger partial charge in [-0.05, 0) is 30.3 Å². The molecule has 4 N–H and O–H groups in total. The molecule has 0 fully saturated rings. The maximum atomic E-state index is 13.5. The van der Waals surface area contributed by atoms with Crippen LogP contribution in [0.4, 0.5) is 10.1 Å². The highest BCUT2D eigenvalue weighted by Crippen LogP contribution is 2.25. The van der Waals surface area contributed by atoms with Crippen molar-refractivity contribution >= 4 is 17.6 Å². The molecule has 0 spiro atoms. The van der Waals surface area contributed by atoms with Crippen molar-refractivity contribution in [3.05, 3.63) is 53.3 Å². The molecule has 0 bridgehead atoms. The number of anilines is 1. The molecule has 108 valence electrons. The van der Waals surface area contributed by atoms with Gasteiger partial charge in [0.2, 0.25) is 0 Å². The van der Waals surface area contributed by atoms with Gasteiger partial charge in [-0.3, -0.25) is 4.79 Å². The van der Waals surface area contributed by atoms with Crippen molar-refractivity contribution in [3.63, 3.8) is 0 Å². The lowest BCUT2D eigenvalue weighted by Crippen LogP contribution is -2.14. The molecular formula is C14H10FNO5. The van der Waals surface area contributed by atoms with E-state index >= 15 is 0 Å². The molecule has 0 saturated carbocycles. The first-order valence-electron chi connectivity index (χ1n) is 5.74. The summed E-state index contributed by atoms with van der Waals surface area (Å²) in [6, 6.07) is 6.28. The van der Waals surface area contributed by atoms with Gasteiger partial charge < -0.3 is 20.6 Å². The number of carboxylic acids is 1. The number of phenols is 2. The monoisotopic (exact) mass is 291 g/mol. The fraction of sp³-hybridized carbons (Fsp3) is 0. The molecule has 0 aromatic heterocycles. The standard InChI is InChI=1S/C14H10FNO5/c15-10-6-8(17)2-3-9(10)13(19)16-11-5-7(14(20)21)1-4-12(11)18/h1-6,17-18H,(H,16,19)(H,20,21). The zero-order chi connectivity index (χ0) is 15.6. The number of nitrogens with one attached hydrogen (secondary N) is 1. The highest BCUT2D eigenvalue weighted by Gasteiger charge is 2.15. The smallest absolute Gasteiger partial charge is 0.335 e. The van der Waals surface area contributed by atoms with Gasteiger partial charge in [-0.2, -0.15) is 0 Å². The van der Waals surface area contributed by atoms with Gasteiger partial charge in [0, 0.05) is 6.07 Å². The first-order chi connectivity index (χ1) is 9.88. The maximum Gasteiger partial charge on any atom is 0.335 e. The maximum absolute atomic E-state index is 13.5. The van der Waals surface area contributed by atoms with E-state index in [4.69, 9.17) is 10.2 Å².